The number of ether oxygens (including phenoxy) is 2. The second-order valence-electron chi connectivity index (χ2n) is 6.29. The molecule has 1 aliphatic rings. The van der Waals surface area contributed by atoms with Crippen LogP contribution in [-0.2, 0) is 24.5 Å². The fourth-order valence-corrected chi connectivity index (χ4v) is 3.25. The van der Waals surface area contributed by atoms with Crippen molar-refractivity contribution in [2.24, 2.45) is 0 Å². The molecule has 1 heterocycles. The van der Waals surface area contributed by atoms with Gasteiger partial charge in [0.1, 0.15) is 6.10 Å². The monoisotopic (exact) mass is 349 g/mol. The molecule has 1 saturated heterocycles. The number of carbonyl (C=O) groups is 2. The molecule has 1 aliphatic heterocycles. The third kappa shape index (κ3) is 4.58. The Morgan fingerprint density at radius 2 is 1.84 bits per heavy atom. The largest absolute Gasteiger partial charge is 0.481 e. The van der Waals surface area contributed by atoms with E-state index in [0.29, 0.717) is 45.8 Å². The molecular weight excluding hydrogens is 322 g/mol. The summed E-state index contributed by atoms with van der Waals surface area (Å²) in [7, 11) is 0. The second kappa shape index (κ2) is 8.97. The average Bonchev–Trinajstić information content (AvgIpc) is 2.65. The van der Waals surface area contributed by atoms with Crippen molar-refractivity contribution in [3.8, 4) is 0 Å². The molecule has 1 aromatic carbocycles. The lowest BCUT2D eigenvalue weighted by atomic mass is 9.73. The summed E-state index contributed by atoms with van der Waals surface area (Å²) in [6.45, 7) is 5.92. The highest BCUT2D eigenvalue weighted by molar-refractivity contribution is 5.84. The van der Waals surface area contributed by atoms with E-state index in [1.165, 1.54) is 0 Å². The van der Waals surface area contributed by atoms with E-state index in [1.807, 2.05) is 37.3 Å². The zero-order valence-electron chi connectivity index (χ0n) is 14.9. The molecule has 0 radical (unpaired) electrons. The lowest BCUT2D eigenvalue weighted by Gasteiger charge is -2.40. The smallest absolute Gasteiger partial charge is 0.314 e. The molecule has 1 atom stereocenters. The molecular formula is C19H27NO5. The van der Waals surface area contributed by atoms with Crippen LogP contribution in [0.3, 0.4) is 0 Å². The topological polar surface area (TPSA) is 76.1 Å². The third-order valence-corrected chi connectivity index (χ3v) is 4.81. The van der Waals surface area contributed by atoms with Gasteiger partial charge in [0.2, 0.25) is 0 Å². The number of hydrogen-bond acceptors (Lipinski definition) is 4. The standard InChI is InChI=1S/C19H27NO5/c1-3-24-13-14-25-15(2)17(21)20-11-9-19(10-12-20,18(22)23)16-7-5-4-6-8-16/h4-8,15H,3,9-14H2,1-2H3,(H,22,23). The van der Waals surface area contributed by atoms with Gasteiger partial charge in [-0.2, -0.15) is 0 Å². The van der Waals surface area contributed by atoms with Crippen LogP contribution in [0.2, 0.25) is 0 Å². The summed E-state index contributed by atoms with van der Waals surface area (Å²) >= 11 is 0. The van der Waals surface area contributed by atoms with Crippen molar-refractivity contribution >= 4 is 11.9 Å². The van der Waals surface area contributed by atoms with Gasteiger partial charge in [-0.1, -0.05) is 30.3 Å². The normalized spacial score (nSPS) is 17.9. The molecule has 1 aromatic rings. The molecule has 1 fully saturated rings. The van der Waals surface area contributed by atoms with E-state index < -0.39 is 17.5 Å². The highest BCUT2D eigenvalue weighted by atomic mass is 16.5. The molecule has 6 heteroatoms. The number of carboxylic acids is 1. The van der Waals surface area contributed by atoms with Crippen molar-refractivity contribution in [1.29, 1.82) is 0 Å². The van der Waals surface area contributed by atoms with Crippen molar-refractivity contribution in [3.05, 3.63) is 35.9 Å². The van der Waals surface area contributed by atoms with E-state index >= 15 is 0 Å². The van der Waals surface area contributed by atoms with Crippen molar-refractivity contribution in [3.63, 3.8) is 0 Å². The van der Waals surface area contributed by atoms with Gasteiger partial charge in [0, 0.05) is 19.7 Å². The minimum atomic E-state index is -0.920. The van der Waals surface area contributed by atoms with Crippen molar-refractivity contribution in [1.82, 2.24) is 4.90 Å². The number of hydrogen-bond donors (Lipinski definition) is 1. The number of aliphatic carboxylic acids is 1. The second-order valence-corrected chi connectivity index (χ2v) is 6.29. The van der Waals surface area contributed by atoms with E-state index in [4.69, 9.17) is 9.47 Å². The Morgan fingerprint density at radius 1 is 1.20 bits per heavy atom. The van der Waals surface area contributed by atoms with Crippen LogP contribution >= 0.6 is 0 Å². The van der Waals surface area contributed by atoms with E-state index in [-0.39, 0.29) is 5.91 Å². The Balaban J connectivity index is 1.95. The van der Waals surface area contributed by atoms with Gasteiger partial charge >= 0.3 is 5.97 Å². The number of benzene rings is 1. The summed E-state index contributed by atoms with van der Waals surface area (Å²) < 4.78 is 10.7. The Hall–Kier alpha value is -1.92. The quantitative estimate of drug-likeness (QED) is 0.727. The molecule has 138 valence electrons. The predicted molar refractivity (Wildman–Crippen MR) is 93.5 cm³/mol. The number of nitrogens with zero attached hydrogens (tertiary/aromatic N) is 1. The highest BCUT2D eigenvalue weighted by Gasteiger charge is 2.44. The summed E-state index contributed by atoms with van der Waals surface area (Å²) in [5.74, 6) is -0.921. The van der Waals surface area contributed by atoms with Gasteiger partial charge in [-0.15, -0.1) is 0 Å². The van der Waals surface area contributed by atoms with Crippen LogP contribution in [0.1, 0.15) is 32.3 Å². The van der Waals surface area contributed by atoms with Crippen LogP contribution in [0.15, 0.2) is 30.3 Å². The minimum Gasteiger partial charge on any atom is -0.481 e. The van der Waals surface area contributed by atoms with Crippen LogP contribution in [0, 0.1) is 0 Å². The van der Waals surface area contributed by atoms with Gasteiger partial charge in [-0.3, -0.25) is 9.59 Å². The Labute approximate surface area is 148 Å². The zero-order chi connectivity index (χ0) is 18.3. The lowest BCUT2D eigenvalue weighted by molar-refractivity contribution is -0.152. The maximum Gasteiger partial charge on any atom is 0.314 e. The molecule has 1 unspecified atom stereocenters. The number of likely N-dealkylation sites (tertiary alicyclic amines) is 1. The zero-order valence-corrected chi connectivity index (χ0v) is 14.9. The van der Waals surface area contributed by atoms with Crippen molar-refractivity contribution in [2.75, 3.05) is 32.9 Å². The van der Waals surface area contributed by atoms with Gasteiger partial charge in [-0.25, -0.2) is 0 Å². The van der Waals surface area contributed by atoms with Gasteiger partial charge in [0.15, 0.2) is 0 Å². The van der Waals surface area contributed by atoms with E-state index in [9.17, 15) is 14.7 Å². The van der Waals surface area contributed by atoms with Crippen molar-refractivity contribution < 1.29 is 24.2 Å². The number of carbonyl (C=O) groups excluding carboxylic acids is 1. The lowest BCUT2D eigenvalue weighted by Crippen LogP contribution is -2.51. The SMILES string of the molecule is CCOCCOC(C)C(=O)N1CCC(C(=O)O)(c2ccccc2)CC1. The van der Waals surface area contributed by atoms with E-state index in [2.05, 4.69) is 0 Å². The maximum absolute atomic E-state index is 12.5. The van der Waals surface area contributed by atoms with Gasteiger partial charge < -0.3 is 19.5 Å². The van der Waals surface area contributed by atoms with E-state index in [0.717, 1.165) is 5.56 Å². The summed E-state index contributed by atoms with van der Waals surface area (Å²) in [6.07, 6.45) is 0.266. The summed E-state index contributed by atoms with van der Waals surface area (Å²) in [6, 6.07) is 9.28. The van der Waals surface area contributed by atoms with Crippen LogP contribution in [0.25, 0.3) is 0 Å². The Morgan fingerprint density at radius 3 is 2.40 bits per heavy atom. The number of carboxylic acid groups (broad SMARTS) is 1. The van der Waals surface area contributed by atoms with E-state index in [1.54, 1.807) is 11.8 Å². The van der Waals surface area contributed by atoms with Crippen molar-refractivity contribution in [2.45, 2.75) is 38.2 Å². The highest BCUT2D eigenvalue weighted by Crippen LogP contribution is 2.36. The first-order chi connectivity index (χ1) is 12.0. The molecule has 25 heavy (non-hydrogen) atoms. The summed E-state index contributed by atoms with van der Waals surface area (Å²) in [5, 5.41) is 9.80. The Bertz CT molecular complexity index is 566. The molecule has 0 saturated carbocycles. The number of piperidine rings is 1. The van der Waals surface area contributed by atoms with Gasteiger partial charge in [0.25, 0.3) is 5.91 Å². The molecule has 1 amide bonds. The Kier molecular flexibility index (Phi) is 6.96. The minimum absolute atomic E-state index is 0.0939. The molecule has 2 rings (SSSR count). The molecule has 0 aromatic heterocycles. The predicted octanol–water partition coefficient (Wildman–Crippen LogP) is 2.07. The number of amides is 1. The van der Waals surface area contributed by atoms with Crippen LogP contribution < -0.4 is 0 Å². The van der Waals surface area contributed by atoms with Gasteiger partial charge in [0.05, 0.1) is 18.6 Å². The first-order valence-corrected chi connectivity index (χ1v) is 8.78. The first-order valence-electron chi connectivity index (χ1n) is 8.78. The molecule has 1 N–H and O–H groups in total. The molecule has 6 nitrogen and oxygen atoms in total. The first kappa shape index (κ1) is 19.4. The average molecular weight is 349 g/mol. The van der Waals surface area contributed by atoms with Crippen LogP contribution in [-0.4, -0.2) is 60.9 Å². The fourth-order valence-electron chi connectivity index (χ4n) is 3.25. The van der Waals surface area contributed by atoms with Gasteiger partial charge in [-0.05, 0) is 32.3 Å². The van der Waals surface area contributed by atoms with Crippen LogP contribution in [0.4, 0.5) is 0 Å². The molecule has 0 bridgehead atoms. The summed E-state index contributed by atoms with van der Waals surface area (Å²) in [4.78, 5) is 26.1. The van der Waals surface area contributed by atoms with Crippen LogP contribution in [0.5, 0.6) is 0 Å². The summed E-state index contributed by atoms with van der Waals surface area (Å²) in [5.41, 5.74) is -0.118. The maximum atomic E-state index is 12.5. The molecule has 0 spiro atoms. The molecule has 0 aliphatic carbocycles. The third-order valence-electron chi connectivity index (χ3n) is 4.81. The fraction of sp³-hybridized carbons (Fsp3) is 0.579. The number of rotatable bonds is 8.